The Hall–Kier alpha value is -2.47. The van der Waals surface area contributed by atoms with Gasteiger partial charge in [-0.05, 0) is 43.5 Å². The Bertz CT molecular complexity index is 745. The third-order valence-electron chi connectivity index (χ3n) is 3.36. The lowest BCUT2D eigenvalue weighted by Gasteiger charge is -2.03. The van der Waals surface area contributed by atoms with Crippen LogP contribution in [0.5, 0.6) is 0 Å². The second-order valence-electron chi connectivity index (χ2n) is 5.49. The summed E-state index contributed by atoms with van der Waals surface area (Å²) in [7, 11) is 0. The Balaban J connectivity index is 1.56. The number of benzene rings is 1. The van der Waals surface area contributed by atoms with Gasteiger partial charge in [-0.25, -0.2) is 4.98 Å². The summed E-state index contributed by atoms with van der Waals surface area (Å²) < 4.78 is 0. The zero-order valence-corrected chi connectivity index (χ0v) is 13.5. The van der Waals surface area contributed by atoms with Crippen molar-refractivity contribution in [3.05, 3.63) is 52.5 Å². The topological polar surface area (TPSA) is 71.1 Å². The van der Waals surface area contributed by atoms with E-state index in [1.54, 1.807) is 18.2 Å². The number of aromatic nitrogens is 1. The number of anilines is 1. The Kier molecular flexibility index (Phi) is 4.52. The molecule has 3 rings (SSSR count). The maximum atomic E-state index is 11.9. The number of hydrogen-bond donors (Lipinski definition) is 2. The van der Waals surface area contributed by atoms with E-state index < -0.39 is 0 Å². The molecule has 5 nitrogen and oxygen atoms in total. The van der Waals surface area contributed by atoms with Gasteiger partial charge in [-0.1, -0.05) is 12.1 Å². The highest BCUT2D eigenvalue weighted by Gasteiger charge is 2.23. The second-order valence-corrected chi connectivity index (χ2v) is 6.34. The van der Waals surface area contributed by atoms with Crippen molar-refractivity contribution in [1.29, 1.82) is 0 Å². The summed E-state index contributed by atoms with van der Waals surface area (Å²) in [6.45, 7) is 1.88. The first-order valence-corrected chi connectivity index (χ1v) is 8.30. The lowest BCUT2D eigenvalue weighted by Crippen LogP contribution is -2.25. The average molecular weight is 327 g/mol. The lowest BCUT2D eigenvalue weighted by molar-refractivity contribution is -0.111. The number of nitrogens with zero attached hydrogens (tertiary/aromatic N) is 1. The molecule has 0 aliphatic heterocycles. The van der Waals surface area contributed by atoms with E-state index in [1.165, 1.54) is 17.4 Å². The zero-order chi connectivity index (χ0) is 16.2. The van der Waals surface area contributed by atoms with E-state index in [2.05, 4.69) is 15.6 Å². The van der Waals surface area contributed by atoms with E-state index >= 15 is 0 Å². The van der Waals surface area contributed by atoms with E-state index in [4.69, 9.17) is 0 Å². The van der Waals surface area contributed by atoms with Gasteiger partial charge in [-0.15, -0.1) is 11.3 Å². The minimum absolute atomic E-state index is 0.0417. The molecule has 1 aliphatic rings. The summed E-state index contributed by atoms with van der Waals surface area (Å²) in [5.41, 5.74) is 2.38. The van der Waals surface area contributed by atoms with Gasteiger partial charge in [0.2, 0.25) is 5.91 Å². The molecule has 0 radical (unpaired) electrons. The van der Waals surface area contributed by atoms with Gasteiger partial charge in [0.25, 0.3) is 5.91 Å². The summed E-state index contributed by atoms with van der Waals surface area (Å²) in [5, 5.41) is 8.12. The molecule has 2 amide bonds. The summed E-state index contributed by atoms with van der Waals surface area (Å²) >= 11 is 1.39. The molecule has 2 aromatic rings. The molecule has 6 heteroatoms. The lowest BCUT2D eigenvalue weighted by atomic mass is 10.1. The van der Waals surface area contributed by atoms with Gasteiger partial charge in [0, 0.05) is 23.1 Å². The van der Waals surface area contributed by atoms with Crippen LogP contribution in [-0.2, 0) is 4.79 Å². The Morgan fingerprint density at radius 2 is 2.00 bits per heavy atom. The van der Waals surface area contributed by atoms with Crippen LogP contribution >= 0.6 is 11.3 Å². The molecule has 1 aliphatic carbocycles. The number of carbonyl (C=O) groups is 2. The third-order valence-corrected chi connectivity index (χ3v) is 4.24. The van der Waals surface area contributed by atoms with Crippen LogP contribution in [0.2, 0.25) is 0 Å². The Morgan fingerprint density at radius 1 is 1.26 bits per heavy atom. The van der Waals surface area contributed by atoms with Crippen molar-refractivity contribution < 1.29 is 9.59 Å². The number of rotatable bonds is 5. The van der Waals surface area contributed by atoms with Crippen LogP contribution in [0.3, 0.4) is 0 Å². The molecule has 2 N–H and O–H groups in total. The Labute approximate surface area is 138 Å². The molecular formula is C17H17N3O2S. The molecule has 0 atom stereocenters. The first kappa shape index (κ1) is 15.4. The summed E-state index contributed by atoms with van der Waals surface area (Å²) in [6.07, 6.45) is 5.30. The molecule has 118 valence electrons. The van der Waals surface area contributed by atoms with E-state index in [0.717, 1.165) is 24.1 Å². The maximum Gasteiger partial charge on any atom is 0.251 e. The van der Waals surface area contributed by atoms with E-state index in [0.29, 0.717) is 16.7 Å². The monoisotopic (exact) mass is 327 g/mol. The van der Waals surface area contributed by atoms with Crippen molar-refractivity contribution in [3.63, 3.8) is 0 Å². The molecule has 1 heterocycles. The summed E-state index contributed by atoms with van der Waals surface area (Å²) in [6, 6.07) is 7.51. The van der Waals surface area contributed by atoms with Crippen molar-refractivity contribution in [3.8, 4) is 0 Å². The van der Waals surface area contributed by atoms with Crippen LogP contribution in [0.4, 0.5) is 5.13 Å². The summed E-state index contributed by atoms with van der Waals surface area (Å²) in [4.78, 5) is 27.9. The van der Waals surface area contributed by atoms with Crippen LogP contribution in [-0.4, -0.2) is 22.8 Å². The van der Waals surface area contributed by atoms with Crippen molar-refractivity contribution in [1.82, 2.24) is 10.3 Å². The molecule has 0 saturated heterocycles. The molecule has 0 bridgehead atoms. The maximum absolute atomic E-state index is 11.9. The molecule has 0 unspecified atom stereocenters. The van der Waals surface area contributed by atoms with Gasteiger partial charge in [0.15, 0.2) is 5.13 Å². The minimum atomic E-state index is -0.227. The largest absolute Gasteiger partial charge is 0.349 e. The van der Waals surface area contributed by atoms with Crippen LogP contribution in [0.25, 0.3) is 6.08 Å². The van der Waals surface area contributed by atoms with Crippen LogP contribution in [0.15, 0.2) is 35.7 Å². The van der Waals surface area contributed by atoms with Gasteiger partial charge >= 0.3 is 0 Å². The second kappa shape index (κ2) is 6.75. The minimum Gasteiger partial charge on any atom is -0.349 e. The fourth-order valence-electron chi connectivity index (χ4n) is 1.97. The predicted octanol–water partition coefficient (Wildman–Crippen LogP) is 3.00. The van der Waals surface area contributed by atoms with Gasteiger partial charge in [-0.3, -0.25) is 14.9 Å². The third kappa shape index (κ3) is 4.50. The number of hydrogen-bond acceptors (Lipinski definition) is 4. The van der Waals surface area contributed by atoms with Crippen molar-refractivity contribution in [2.75, 3.05) is 5.32 Å². The van der Waals surface area contributed by atoms with Crippen LogP contribution in [0, 0.1) is 6.92 Å². The fraction of sp³-hybridized carbons (Fsp3) is 0.235. The van der Waals surface area contributed by atoms with Crippen molar-refractivity contribution >= 4 is 34.4 Å². The average Bonchev–Trinajstić information content (AvgIpc) is 3.26. The number of aryl methyl sites for hydroxylation is 1. The van der Waals surface area contributed by atoms with Gasteiger partial charge in [0.05, 0.1) is 5.69 Å². The van der Waals surface area contributed by atoms with Crippen molar-refractivity contribution in [2.45, 2.75) is 25.8 Å². The summed E-state index contributed by atoms with van der Waals surface area (Å²) in [5.74, 6) is -0.269. The molecule has 0 spiro atoms. The van der Waals surface area contributed by atoms with E-state index in [-0.39, 0.29) is 11.8 Å². The fourth-order valence-corrected chi connectivity index (χ4v) is 2.66. The standard InChI is InChI=1S/C17H17N3O2S/c1-11-10-23-17(18-11)20-15(21)9-4-12-2-5-13(6-3-12)16(22)19-14-7-8-14/h2-6,9-10,14H,7-8H2,1H3,(H,19,22)(H,18,20,21)/b9-4+. The number of amides is 2. The van der Waals surface area contributed by atoms with Gasteiger partial charge in [-0.2, -0.15) is 0 Å². The molecule has 1 aromatic carbocycles. The first-order valence-electron chi connectivity index (χ1n) is 7.42. The smallest absolute Gasteiger partial charge is 0.251 e. The predicted molar refractivity (Wildman–Crippen MR) is 91.4 cm³/mol. The molecule has 1 saturated carbocycles. The van der Waals surface area contributed by atoms with Crippen molar-refractivity contribution in [2.24, 2.45) is 0 Å². The van der Waals surface area contributed by atoms with E-state index in [1.807, 2.05) is 24.4 Å². The highest BCUT2D eigenvalue weighted by Crippen LogP contribution is 2.19. The molecule has 1 aromatic heterocycles. The molecule has 1 fully saturated rings. The highest BCUT2D eigenvalue weighted by atomic mass is 32.1. The number of carbonyl (C=O) groups excluding carboxylic acids is 2. The van der Waals surface area contributed by atoms with E-state index in [9.17, 15) is 9.59 Å². The Morgan fingerprint density at radius 3 is 2.61 bits per heavy atom. The highest BCUT2D eigenvalue weighted by molar-refractivity contribution is 7.13. The normalized spacial score (nSPS) is 14.0. The number of nitrogens with one attached hydrogen (secondary N) is 2. The SMILES string of the molecule is Cc1csc(NC(=O)/C=C/c2ccc(C(=O)NC3CC3)cc2)n1. The van der Waals surface area contributed by atoms with Crippen LogP contribution in [0.1, 0.15) is 34.5 Å². The van der Waals surface area contributed by atoms with Gasteiger partial charge in [0.1, 0.15) is 0 Å². The molecule has 23 heavy (non-hydrogen) atoms. The zero-order valence-electron chi connectivity index (χ0n) is 12.7. The van der Waals surface area contributed by atoms with Crippen LogP contribution < -0.4 is 10.6 Å². The van der Waals surface area contributed by atoms with Gasteiger partial charge < -0.3 is 5.32 Å². The first-order chi connectivity index (χ1) is 11.1. The number of thiazole rings is 1. The quantitative estimate of drug-likeness (QED) is 0.829. The molecular weight excluding hydrogens is 310 g/mol.